The molecule has 1 aromatic carbocycles. The lowest BCUT2D eigenvalue weighted by atomic mass is 10.1. The molecule has 1 fully saturated rings. The Hall–Kier alpha value is -1.29. The van der Waals surface area contributed by atoms with Crippen LogP contribution in [0.1, 0.15) is 13.8 Å². The van der Waals surface area contributed by atoms with Crippen molar-refractivity contribution in [3.8, 4) is 0 Å². The minimum Gasteiger partial charge on any atom is -0.396 e. The van der Waals surface area contributed by atoms with Crippen molar-refractivity contribution in [3.05, 3.63) is 24.0 Å². The van der Waals surface area contributed by atoms with Crippen LogP contribution in [0.15, 0.2) is 18.2 Å². The lowest BCUT2D eigenvalue weighted by molar-refractivity contribution is -0.0276. The molecule has 1 aliphatic heterocycles. The van der Waals surface area contributed by atoms with Crippen molar-refractivity contribution in [2.45, 2.75) is 19.4 Å². The lowest BCUT2D eigenvalue weighted by Gasteiger charge is -2.39. The molecule has 1 aromatic rings. The summed E-state index contributed by atoms with van der Waals surface area (Å²) in [5.41, 5.74) is 6.55. The molecule has 1 heterocycles. The Labute approximate surface area is 95.0 Å². The van der Waals surface area contributed by atoms with Gasteiger partial charge in [0.15, 0.2) is 0 Å². The zero-order chi connectivity index (χ0) is 11.8. The average molecular weight is 224 g/mol. The number of hydrogen-bond acceptors (Lipinski definition) is 3. The van der Waals surface area contributed by atoms with Crippen LogP contribution in [0.2, 0.25) is 0 Å². The Morgan fingerprint density at radius 1 is 1.44 bits per heavy atom. The quantitative estimate of drug-likeness (QED) is 0.742. The van der Waals surface area contributed by atoms with Gasteiger partial charge in [0, 0.05) is 18.8 Å². The third kappa shape index (κ3) is 2.27. The number of ether oxygens (including phenoxy) is 1. The Kier molecular flexibility index (Phi) is 2.76. The standard InChI is InChI=1S/C12H17FN2O/c1-12(2)8-15(5-6-16-12)9-3-4-10(13)11(14)7-9/h3-4,7H,5-6,8,14H2,1-2H3. The topological polar surface area (TPSA) is 38.5 Å². The molecule has 0 saturated carbocycles. The van der Waals surface area contributed by atoms with E-state index in [1.165, 1.54) is 6.07 Å². The smallest absolute Gasteiger partial charge is 0.146 e. The monoisotopic (exact) mass is 224 g/mol. The molecule has 0 spiro atoms. The Bertz CT molecular complexity index is 393. The van der Waals surface area contributed by atoms with Crippen molar-refractivity contribution < 1.29 is 9.13 Å². The van der Waals surface area contributed by atoms with Crippen molar-refractivity contribution in [2.24, 2.45) is 0 Å². The molecule has 3 nitrogen and oxygen atoms in total. The predicted molar refractivity (Wildman–Crippen MR) is 63.1 cm³/mol. The first-order valence-electron chi connectivity index (χ1n) is 5.42. The van der Waals surface area contributed by atoms with Gasteiger partial charge in [0.1, 0.15) is 5.82 Å². The molecule has 0 amide bonds. The van der Waals surface area contributed by atoms with Gasteiger partial charge >= 0.3 is 0 Å². The molecule has 0 bridgehead atoms. The number of anilines is 2. The van der Waals surface area contributed by atoms with Crippen molar-refractivity contribution in [2.75, 3.05) is 30.3 Å². The number of halogens is 1. The SMILES string of the molecule is CC1(C)CN(c2ccc(F)c(N)c2)CCO1. The second-order valence-electron chi connectivity index (χ2n) is 4.74. The van der Waals surface area contributed by atoms with E-state index < -0.39 is 0 Å². The second kappa shape index (κ2) is 3.94. The number of morpholine rings is 1. The summed E-state index contributed by atoms with van der Waals surface area (Å²) in [4.78, 5) is 2.17. The summed E-state index contributed by atoms with van der Waals surface area (Å²) in [7, 11) is 0. The molecular weight excluding hydrogens is 207 g/mol. The number of nitrogens with two attached hydrogens (primary N) is 1. The van der Waals surface area contributed by atoms with Gasteiger partial charge in [-0.15, -0.1) is 0 Å². The molecule has 2 N–H and O–H groups in total. The van der Waals surface area contributed by atoms with Gasteiger partial charge in [-0.05, 0) is 32.0 Å². The third-order valence-electron chi connectivity index (χ3n) is 2.77. The van der Waals surface area contributed by atoms with Crippen molar-refractivity contribution in [3.63, 3.8) is 0 Å². The van der Waals surface area contributed by atoms with E-state index in [1.54, 1.807) is 12.1 Å². The first kappa shape index (κ1) is 11.2. The highest BCUT2D eigenvalue weighted by molar-refractivity contribution is 5.57. The Balaban J connectivity index is 2.20. The van der Waals surface area contributed by atoms with Crippen molar-refractivity contribution in [1.82, 2.24) is 0 Å². The highest BCUT2D eigenvalue weighted by Crippen LogP contribution is 2.25. The van der Waals surface area contributed by atoms with Gasteiger partial charge in [0.2, 0.25) is 0 Å². The van der Waals surface area contributed by atoms with Gasteiger partial charge in [0.05, 0.1) is 17.9 Å². The fourth-order valence-electron chi connectivity index (χ4n) is 1.96. The summed E-state index contributed by atoms with van der Waals surface area (Å²) < 4.78 is 18.7. The zero-order valence-electron chi connectivity index (χ0n) is 9.66. The van der Waals surface area contributed by atoms with E-state index in [9.17, 15) is 4.39 Å². The van der Waals surface area contributed by atoms with Gasteiger partial charge < -0.3 is 15.4 Å². The normalized spacial score (nSPS) is 19.8. The summed E-state index contributed by atoms with van der Waals surface area (Å²) in [5, 5.41) is 0. The minimum absolute atomic E-state index is 0.165. The molecule has 2 rings (SSSR count). The number of benzene rings is 1. The molecule has 88 valence electrons. The Morgan fingerprint density at radius 2 is 2.19 bits per heavy atom. The summed E-state index contributed by atoms with van der Waals surface area (Å²) in [5.74, 6) is -0.365. The van der Waals surface area contributed by atoms with Gasteiger partial charge in [-0.3, -0.25) is 0 Å². The fraction of sp³-hybridized carbons (Fsp3) is 0.500. The molecule has 1 aliphatic rings. The maximum Gasteiger partial charge on any atom is 0.146 e. The van der Waals surface area contributed by atoms with Gasteiger partial charge in [-0.1, -0.05) is 0 Å². The molecule has 0 radical (unpaired) electrons. The number of nitrogen functional groups attached to an aromatic ring is 1. The third-order valence-corrected chi connectivity index (χ3v) is 2.77. The van der Waals surface area contributed by atoms with Gasteiger partial charge in [-0.2, -0.15) is 0 Å². The van der Waals surface area contributed by atoms with Crippen molar-refractivity contribution in [1.29, 1.82) is 0 Å². The Morgan fingerprint density at radius 3 is 2.81 bits per heavy atom. The van der Waals surface area contributed by atoms with Crippen LogP contribution in [0.3, 0.4) is 0 Å². The van der Waals surface area contributed by atoms with Crippen LogP contribution in [0.5, 0.6) is 0 Å². The first-order valence-corrected chi connectivity index (χ1v) is 5.42. The lowest BCUT2D eigenvalue weighted by Crippen LogP contribution is -2.48. The molecule has 4 heteroatoms. The summed E-state index contributed by atoms with van der Waals surface area (Å²) in [6.45, 7) is 6.38. The van der Waals surface area contributed by atoms with Gasteiger partial charge in [0.25, 0.3) is 0 Å². The molecule has 16 heavy (non-hydrogen) atoms. The first-order chi connectivity index (χ1) is 7.48. The minimum atomic E-state index is -0.365. The maximum absolute atomic E-state index is 13.0. The van der Waals surface area contributed by atoms with Crippen LogP contribution in [0.25, 0.3) is 0 Å². The fourth-order valence-corrected chi connectivity index (χ4v) is 1.96. The highest BCUT2D eigenvalue weighted by atomic mass is 19.1. The highest BCUT2D eigenvalue weighted by Gasteiger charge is 2.27. The molecule has 0 aliphatic carbocycles. The van der Waals surface area contributed by atoms with E-state index in [0.29, 0.717) is 6.61 Å². The van der Waals surface area contributed by atoms with E-state index in [2.05, 4.69) is 4.90 Å². The molecule has 0 unspecified atom stereocenters. The predicted octanol–water partition coefficient (Wildman–Crippen LogP) is 2.02. The number of rotatable bonds is 1. The largest absolute Gasteiger partial charge is 0.396 e. The number of nitrogens with zero attached hydrogens (tertiary/aromatic N) is 1. The van der Waals surface area contributed by atoms with Crippen LogP contribution in [-0.4, -0.2) is 25.3 Å². The van der Waals surface area contributed by atoms with Gasteiger partial charge in [-0.25, -0.2) is 4.39 Å². The van der Waals surface area contributed by atoms with Crippen LogP contribution in [0, 0.1) is 5.82 Å². The van der Waals surface area contributed by atoms with Crippen LogP contribution in [0.4, 0.5) is 15.8 Å². The van der Waals surface area contributed by atoms with Crippen molar-refractivity contribution >= 4 is 11.4 Å². The second-order valence-corrected chi connectivity index (χ2v) is 4.74. The van der Waals surface area contributed by atoms with E-state index in [-0.39, 0.29) is 17.1 Å². The molecule has 0 aromatic heterocycles. The number of hydrogen-bond donors (Lipinski definition) is 1. The average Bonchev–Trinajstić information content (AvgIpc) is 2.20. The van der Waals surface area contributed by atoms with E-state index in [4.69, 9.17) is 10.5 Å². The summed E-state index contributed by atoms with van der Waals surface area (Å²) >= 11 is 0. The van der Waals surface area contributed by atoms with Crippen LogP contribution < -0.4 is 10.6 Å². The van der Waals surface area contributed by atoms with Crippen LogP contribution >= 0.6 is 0 Å². The van der Waals surface area contributed by atoms with E-state index >= 15 is 0 Å². The summed E-state index contributed by atoms with van der Waals surface area (Å²) in [6.07, 6.45) is 0. The van der Waals surface area contributed by atoms with E-state index in [1.807, 2.05) is 13.8 Å². The maximum atomic E-state index is 13.0. The molecule has 0 atom stereocenters. The van der Waals surface area contributed by atoms with Crippen LogP contribution in [-0.2, 0) is 4.74 Å². The molecular formula is C12H17FN2O. The van der Waals surface area contributed by atoms with E-state index in [0.717, 1.165) is 18.8 Å². The zero-order valence-corrected chi connectivity index (χ0v) is 9.66. The molecule has 1 saturated heterocycles. The summed E-state index contributed by atoms with van der Waals surface area (Å²) in [6, 6.07) is 4.84.